The molecule has 0 aromatic rings. The zero-order chi connectivity index (χ0) is 10.4. The molecule has 0 aliphatic heterocycles. The summed E-state index contributed by atoms with van der Waals surface area (Å²) < 4.78 is 5.03. The van der Waals surface area contributed by atoms with Gasteiger partial charge >= 0.3 is 0 Å². The summed E-state index contributed by atoms with van der Waals surface area (Å²) in [5, 5.41) is 3.63. The van der Waals surface area contributed by atoms with E-state index in [2.05, 4.69) is 19.2 Å². The minimum Gasteiger partial charge on any atom is -0.385 e. The van der Waals surface area contributed by atoms with Gasteiger partial charge in [0.15, 0.2) is 0 Å². The third-order valence-electron chi connectivity index (χ3n) is 3.56. The highest BCUT2D eigenvalue weighted by molar-refractivity contribution is 4.79. The molecule has 2 heteroatoms. The Labute approximate surface area is 88.4 Å². The Balaban J connectivity index is 2.07. The second-order valence-corrected chi connectivity index (χ2v) is 4.77. The maximum atomic E-state index is 5.03. The Morgan fingerprint density at radius 1 is 1.21 bits per heavy atom. The summed E-state index contributed by atoms with van der Waals surface area (Å²) >= 11 is 0. The number of ether oxygens (including phenoxy) is 1. The third-order valence-corrected chi connectivity index (χ3v) is 3.56. The fraction of sp³-hybridized carbons (Fsp3) is 1.00. The molecule has 0 spiro atoms. The standard InChI is InChI=1S/C12H25NO/c1-10-5-6-12(9-11(10)2)13-7-4-8-14-3/h10-13H,4-9H2,1-3H3/t10-,11-,12+/m0/s1. The molecule has 0 aromatic carbocycles. The van der Waals surface area contributed by atoms with Gasteiger partial charge in [0, 0.05) is 19.8 Å². The molecule has 0 bridgehead atoms. The van der Waals surface area contributed by atoms with Crippen LogP contribution < -0.4 is 5.32 Å². The molecule has 1 fully saturated rings. The van der Waals surface area contributed by atoms with E-state index in [9.17, 15) is 0 Å². The molecule has 1 saturated carbocycles. The molecule has 1 rings (SSSR count). The van der Waals surface area contributed by atoms with Crippen LogP contribution in [0.5, 0.6) is 0 Å². The first-order valence-corrected chi connectivity index (χ1v) is 5.96. The van der Waals surface area contributed by atoms with Gasteiger partial charge < -0.3 is 10.1 Å². The van der Waals surface area contributed by atoms with E-state index in [0.29, 0.717) is 0 Å². The number of methoxy groups -OCH3 is 1. The topological polar surface area (TPSA) is 21.3 Å². The Kier molecular flexibility index (Phi) is 5.49. The SMILES string of the molecule is COCCCN[C@@H]1CC[C@H](C)[C@@H](C)C1. The largest absolute Gasteiger partial charge is 0.385 e. The molecular weight excluding hydrogens is 174 g/mol. The zero-order valence-electron chi connectivity index (χ0n) is 9.88. The van der Waals surface area contributed by atoms with Crippen molar-refractivity contribution in [3.05, 3.63) is 0 Å². The summed E-state index contributed by atoms with van der Waals surface area (Å²) in [6.07, 6.45) is 5.24. The van der Waals surface area contributed by atoms with E-state index in [-0.39, 0.29) is 0 Å². The summed E-state index contributed by atoms with van der Waals surface area (Å²) in [5.41, 5.74) is 0. The molecule has 1 aliphatic rings. The van der Waals surface area contributed by atoms with Crippen molar-refractivity contribution >= 4 is 0 Å². The molecule has 0 heterocycles. The number of rotatable bonds is 5. The van der Waals surface area contributed by atoms with Crippen molar-refractivity contribution < 1.29 is 4.74 Å². The van der Waals surface area contributed by atoms with Crippen LogP contribution in [0.25, 0.3) is 0 Å². The van der Waals surface area contributed by atoms with Gasteiger partial charge in [-0.3, -0.25) is 0 Å². The molecule has 0 saturated heterocycles. The van der Waals surface area contributed by atoms with E-state index in [1.54, 1.807) is 7.11 Å². The molecular formula is C12H25NO. The predicted molar refractivity (Wildman–Crippen MR) is 60.5 cm³/mol. The van der Waals surface area contributed by atoms with Crippen LogP contribution in [0.4, 0.5) is 0 Å². The van der Waals surface area contributed by atoms with Gasteiger partial charge in [0.25, 0.3) is 0 Å². The molecule has 84 valence electrons. The zero-order valence-corrected chi connectivity index (χ0v) is 9.88. The summed E-state index contributed by atoms with van der Waals surface area (Å²) in [4.78, 5) is 0. The van der Waals surface area contributed by atoms with Crippen molar-refractivity contribution in [3.63, 3.8) is 0 Å². The number of hydrogen-bond acceptors (Lipinski definition) is 2. The summed E-state index contributed by atoms with van der Waals surface area (Å²) in [6.45, 7) is 6.75. The minimum absolute atomic E-state index is 0.762. The van der Waals surface area contributed by atoms with Gasteiger partial charge in [-0.1, -0.05) is 13.8 Å². The molecule has 0 aromatic heterocycles. The van der Waals surface area contributed by atoms with Gasteiger partial charge in [0.2, 0.25) is 0 Å². The first-order valence-electron chi connectivity index (χ1n) is 5.96. The van der Waals surface area contributed by atoms with E-state index < -0.39 is 0 Å². The van der Waals surface area contributed by atoms with Crippen LogP contribution in [0.3, 0.4) is 0 Å². The van der Waals surface area contributed by atoms with Gasteiger partial charge in [-0.25, -0.2) is 0 Å². The van der Waals surface area contributed by atoms with Crippen molar-refractivity contribution in [2.24, 2.45) is 11.8 Å². The Morgan fingerprint density at radius 3 is 2.64 bits per heavy atom. The van der Waals surface area contributed by atoms with Crippen LogP contribution in [0.1, 0.15) is 39.5 Å². The summed E-state index contributed by atoms with van der Waals surface area (Å²) in [7, 11) is 1.77. The van der Waals surface area contributed by atoms with E-state index in [0.717, 1.165) is 37.5 Å². The highest BCUT2D eigenvalue weighted by Crippen LogP contribution is 2.29. The van der Waals surface area contributed by atoms with E-state index in [1.165, 1.54) is 19.3 Å². The first kappa shape index (κ1) is 12.0. The predicted octanol–water partition coefficient (Wildman–Crippen LogP) is 2.44. The van der Waals surface area contributed by atoms with E-state index >= 15 is 0 Å². The molecule has 1 aliphatic carbocycles. The van der Waals surface area contributed by atoms with Crippen LogP contribution in [0.15, 0.2) is 0 Å². The number of hydrogen-bond donors (Lipinski definition) is 1. The van der Waals surface area contributed by atoms with Gasteiger partial charge in [-0.05, 0) is 44.1 Å². The van der Waals surface area contributed by atoms with E-state index in [4.69, 9.17) is 4.74 Å². The van der Waals surface area contributed by atoms with Crippen molar-refractivity contribution in [1.82, 2.24) is 5.32 Å². The van der Waals surface area contributed by atoms with Crippen molar-refractivity contribution in [2.75, 3.05) is 20.3 Å². The van der Waals surface area contributed by atoms with Crippen molar-refractivity contribution in [2.45, 2.75) is 45.6 Å². The fourth-order valence-corrected chi connectivity index (χ4v) is 2.26. The average Bonchev–Trinajstić information content (AvgIpc) is 2.18. The van der Waals surface area contributed by atoms with Gasteiger partial charge in [0.05, 0.1) is 0 Å². The highest BCUT2D eigenvalue weighted by Gasteiger charge is 2.23. The Morgan fingerprint density at radius 2 is 2.00 bits per heavy atom. The van der Waals surface area contributed by atoms with Crippen LogP contribution in [0.2, 0.25) is 0 Å². The maximum absolute atomic E-state index is 5.03. The van der Waals surface area contributed by atoms with Crippen LogP contribution in [0, 0.1) is 11.8 Å². The first-order chi connectivity index (χ1) is 6.74. The Bertz CT molecular complexity index is 149. The lowest BCUT2D eigenvalue weighted by molar-refractivity contribution is 0.186. The molecule has 0 radical (unpaired) electrons. The normalized spacial score (nSPS) is 33.2. The van der Waals surface area contributed by atoms with Gasteiger partial charge in [-0.2, -0.15) is 0 Å². The lowest BCUT2D eigenvalue weighted by Gasteiger charge is -2.32. The minimum atomic E-state index is 0.762. The second-order valence-electron chi connectivity index (χ2n) is 4.77. The molecule has 14 heavy (non-hydrogen) atoms. The average molecular weight is 199 g/mol. The lowest BCUT2D eigenvalue weighted by atomic mass is 9.79. The van der Waals surface area contributed by atoms with Crippen molar-refractivity contribution in [1.29, 1.82) is 0 Å². The fourth-order valence-electron chi connectivity index (χ4n) is 2.26. The highest BCUT2D eigenvalue weighted by atomic mass is 16.5. The van der Waals surface area contributed by atoms with Gasteiger partial charge in [0.1, 0.15) is 0 Å². The Hall–Kier alpha value is -0.0800. The van der Waals surface area contributed by atoms with E-state index in [1.807, 2.05) is 0 Å². The second kappa shape index (κ2) is 6.41. The van der Waals surface area contributed by atoms with Gasteiger partial charge in [-0.15, -0.1) is 0 Å². The third kappa shape index (κ3) is 3.97. The lowest BCUT2D eigenvalue weighted by Crippen LogP contribution is -2.36. The summed E-state index contributed by atoms with van der Waals surface area (Å²) in [5.74, 6) is 1.82. The van der Waals surface area contributed by atoms with Crippen LogP contribution in [-0.2, 0) is 4.74 Å². The number of nitrogens with one attached hydrogen (secondary N) is 1. The van der Waals surface area contributed by atoms with Crippen molar-refractivity contribution in [3.8, 4) is 0 Å². The molecule has 0 unspecified atom stereocenters. The molecule has 3 atom stereocenters. The smallest absolute Gasteiger partial charge is 0.0474 e. The van der Waals surface area contributed by atoms with Crippen LogP contribution >= 0.6 is 0 Å². The van der Waals surface area contributed by atoms with Crippen LogP contribution in [-0.4, -0.2) is 26.3 Å². The summed E-state index contributed by atoms with van der Waals surface area (Å²) in [6, 6.07) is 0.762. The molecule has 0 amide bonds. The molecule has 2 nitrogen and oxygen atoms in total. The monoisotopic (exact) mass is 199 g/mol. The molecule has 1 N–H and O–H groups in total. The maximum Gasteiger partial charge on any atom is 0.0474 e. The quantitative estimate of drug-likeness (QED) is 0.687.